The molecule has 0 spiro atoms. The molecule has 0 aliphatic rings. The van der Waals surface area contributed by atoms with Crippen LogP contribution in [0.15, 0.2) is 48.5 Å². The third-order valence-electron chi connectivity index (χ3n) is 4.20. The standard InChI is InChI=1S/C24H38N2O6/c1-5-21(3)26-22(4)18-20(2)23-6-7-24(25-19-23)32-17-16-31-15-14-30-13-12-29-11-10-28-9-8-27/h5-7,18-19,26-27H,4,8-17H2,1-3H3/b20-18+,21-5+. The molecule has 2 N–H and O–H groups in total. The minimum atomic E-state index is 0.0283. The monoisotopic (exact) mass is 450 g/mol. The van der Waals surface area contributed by atoms with Gasteiger partial charge in [-0.1, -0.05) is 12.7 Å². The molecule has 0 amide bonds. The number of aliphatic hydroxyl groups is 1. The first kappa shape index (κ1) is 27.8. The Morgan fingerprint density at radius 1 is 0.938 bits per heavy atom. The van der Waals surface area contributed by atoms with E-state index in [9.17, 15) is 0 Å². The molecule has 0 aliphatic heterocycles. The van der Waals surface area contributed by atoms with E-state index in [1.165, 1.54) is 0 Å². The molecule has 8 nitrogen and oxygen atoms in total. The predicted octanol–water partition coefficient (Wildman–Crippen LogP) is 2.95. The maximum absolute atomic E-state index is 8.56. The van der Waals surface area contributed by atoms with E-state index in [4.69, 9.17) is 28.8 Å². The first-order valence-electron chi connectivity index (χ1n) is 10.8. The maximum atomic E-state index is 8.56. The Morgan fingerprint density at radius 2 is 1.50 bits per heavy atom. The van der Waals surface area contributed by atoms with E-state index in [-0.39, 0.29) is 6.61 Å². The molecule has 0 fully saturated rings. The second-order valence-corrected chi connectivity index (χ2v) is 6.86. The van der Waals surface area contributed by atoms with Crippen LogP contribution in [0.4, 0.5) is 0 Å². The van der Waals surface area contributed by atoms with Gasteiger partial charge in [-0.3, -0.25) is 0 Å². The number of aromatic nitrogens is 1. The normalized spacial score (nSPS) is 12.1. The van der Waals surface area contributed by atoms with E-state index in [1.54, 1.807) is 6.20 Å². The summed E-state index contributed by atoms with van der Waals surface area (Å²) in [6, 6.07) is 3.82. The number of aliphatic hydroxyl groups excluding tert-OH is 1. The Morgan fingerprint density at radius 3 is 2.00 bits per heavy atom. The molecule has 32 heavy (non-hydrogen) atoms. The lowest BCUT2D eigenvalue weighted by Crippen LogP contribution is -2.14. The molecule has 0 saturated carbocycles. The molecule has 0 atom stereocenters. The second kappa shape index (κ2) is 18.4. The van der Waals surface area contributed by atoms with E-state index in [0.29, 0.717) is 65.3 Å². The van der Waals surface area contributed by atoms with Gasteiger partial charge in [0.25, 0.3) is 0 Å². The number of nitrogens with zero attached hydrogens (tertiary/aromatic N) is 1. The summed E-state index contributed by atoms with van der Waals surface area (Å²) >= 11 is 0. The quantitative estimate of drug-likeness (QED) is 0.246. The highest BCUT2D eigenvalue weighted by Gasteiger charge is 2.01. The first-order chi connectivity index (χ1) is 15.6. The number of rotatable bonds is 19. The summed E-state index contributed by atoms with van der Waals surface area (Å²) in [7, 11) is 0. The number of allylic oxidation sites excluding steroid dienone is 4. The van der Waals surface area contributed by atoms with Gasteiger partial charge in [-0.05, 0) is 44.1 Å². The second-order valence-electron chi connectivity index (χ2n) is 6.86. The average Bonchev–Trinajstić information content (AvgIpc) is 2.79. The van der Waals surface area contributed by atoms with Gasteiger partial charge in [0, 0.05) is 23.7 Å². The molecule has 0 saturated heterocycles. The zero-order valence-corrected chi connectivity index (χ0v) is 19.6. The summed E-state index contributed by atoms with van der Waals surface area (Å²) in [6.45, 7) is 14.2. The summed E-state index contributed by atoms with van der Waals surface area (Å²) in [5.41, 5.74) is 3.96. The van der Waals surface area contributed by atoms with Gasteiger partial charge in [-0.15, -0.1) is 0 Å². The molecular formula is C24H38N2O6. The van der Waals surface area contributed by atoms with E-state index in [1.807, 2.05) is 45.1 Å². The van der Waals surface area contributed by atoms with Crippen LogP contribution in [0.1, 0.15) is 26.3 Å². The lowest BCUT2D eigenvalue weighted by Gasteiger charge is -2.09. The van der Waals surface area contributed by atoms with E-state index in [0.717, 1.165) is 22.5 Å². The summed E-state index contributed by atoms with van der Waals surface area (Å²) in [6.07, 6.45) is 5.77. The maximum Gasteiger partial charge on any atom is 0.213 e. The average molecular weight is 451 g/mol. The van der Waals surface area contributed by atoms with Crippen LogP contribution >= 0.6 is 0 Å². The van der Waals surface area contributed by atoms with Crippen LogP contribution in [-0.4, -0.2) is 76.2 Å². The van der Waals surface area contributed by atoms with Crippen molar-refractivity contribution in [3.05, 3.63) is 54.0 Å². The molecule has 0 aliphatic carbocycles. The summed E-state index contributed by atoms with van der Waals surface area (Å²) in [5, 5.41) is 11.8. The van der Waals surface area contributed by atoms with Crippen LogP contribution in [-0.2, 0) is 18.9 Å². The SMILES string of the molecule is C=C(/C=C(\C)c1ccc(OCCOCCOCCOCCOCCO)nc1)N/C(C)=C/C. The Balaban J connectivity index is 2.09. The predicted molar refractivity (Wildman–Crippen MR) is 125 cm³/mol. The van der Waals surface area contributed by atoms with Gasteiger partial charge in [0.1, 0.15) is 6.61 Å². The van der Waals surface area contributed by atoms with Gasteiger partial charge in [0.15, 0.2) is 0 Å². The number of nitrogens with one attached hydrogen (secondary N) is 1. The van der Waals surface area contributed by atoms with Crippen molar-refractivity contribution in [2.24, 2.45) is 0 Å². The van der Waals surface area contributed by atoms with Crippen LogP contribution in [0.25, 0.3) is 5.57 Å². The Bertz CT molecular complexity index is 688. The van der Waals surface area contributed by atoms with Gasteiger partial charge in [-0.2, -0.15) is 0 Å². The highest BCUT2D eigenvalue weighted by atomic mass is 16.6. The third-order valence-corrected chi connectivity index (χ3v) is 4.20. The van der Waals surface area contributed by atoms with Crippen LogP contribution in [0.5, 0.6) is 5.88 Å². The lowest BCUT2D eigenvalue weighted by molar-refractivity contribution is -0.00789. The molecule has 180 valence electrons. The van der Waals surface area contributed by atoms with Crippen molar-refractivity contribution in [2.45, 2.75) is 20.8 Å². The highest BCUT2D eigenvalue weighted by Crippen LogP contribution is 2.17. The van der Waals surface area contributed by atoms with Crippen molar-refractivity contribution in [3.63, 3.8) is 0 Å². The number of ether oxygens (including phenoxy) is 5. The highest BCUT2D eigenvalue weighted by molar-refractivity contribution is 5.65. The van der Waals surface area contributed by atoms with Crippen molar-refractivity contribution >= 4 is 5.57 Å². The van der Waals surface area contributed by atoms with Gasteiger partial charge >= 0.3 is 0 Å². The van der Waals surface area contributed by atoms with Crippen molar-refractivity contribution in [2.75, 3.05) is 66.1 Å². The van der Waals surface area contributed by atoms with Crippen molar-refractivity contribution < 1.29 is 28.8 Å². The summed E-state index contributed by atoms with van der Waals surface area (Å²) < 4.78 is 26.9. The third kappa shape index (κ3) is 14.0. The zero-order valence-electron chi connectivity index (χ0n) is 19.6. The van der Waals surface area contributed by atoms with Crippen LogP contribution in [0.2, 0.25) is 0 Å². The number of hydrogen-bond acceptors (Lipinski definition) is 8. The Kier molecular flexibility index (Phi) is 15.9. The Labute approximate surface area is 191 Å². The fourth-order valence-electron chi connectivity index (χ4n) is 2.44. The number of hydrogen-bond donors (Lipinski definition) is 2. The molecule has 8 heteroatoms. The lowest BCUT2D eigenvalue weighted by atomic mass is 10.1. The van der Waals surface area contributed by atoms with E-state index >= 15 is 0 Å². The molecule has 1 rings (SSSR count). The van der Waals surface area contributed by atoms with Gasteiger partial charge in [0.2, 0.25) is 5.88 Å². The molecule has 0 aromatic carbocycles. The van der Waals surface area contributed by atoms with Crippen LogP contribution < -0.4 is 10.1 Å². The molecule has 1 heterocycles. The van der Waals surface area contributed by atoms with Crippen LogP contribution in [0.3, 0.4) is 0 Å². The fourth-order valence-corrected chi connectivity index (χ4v) is 2.44. The fraction of sp³-hybridized carbons (Fsp3) is 0.542. The summed E-state index contributed by atoms with van der Waals surface area (Å²) in [5.74, 6) is 0.559. The molecule has 1 aromatic rings. The largest absolute Gasteiger partial charge is 0.475 e. The van der Waals surface area contributed by atoms with Gasteiger partial charge < -0.3 is 34.1 Å². The molecule has 0 bridgehead atoms. The topological polar surface area (TPSA) is 91.3 Å². The number of pyridine rings is 1. The zero-order chi connectivity index (χ0) is 23.4. The van der Waals surface area contributed by atoms with Crippen molar-refractivity contribution in [3.8, 4) is 5.88 Å². The van der Waals surface area contributed by atoms with Crippen molar-refractivity contribution in [1.82, 2.24) is 10.3 Å². The first-order valence-corrected chi connectivity index (χ1v) is 10.8. The molecule has 0 unspecified atom stereocenters. The molecule has 1 aromatic heterocycles. The minimum absolute atomic E-state index is 0.0283. The molecular weight excluding hydrogens is 412 g/mol. The van der Waals surface area contributed by atoms with E-state index in [2.05, 4.69) is 16.9 Å². The van der Waals surface area contributed by atoms with Crippen LogP contribution in [0, 0.1) is 0 Å². The summed E-state index contributed by atoms with van der Waals surface area (Å²) in [4.78, 5) is 4.34. The van der Waals surface area contributed by atoms with Crippen molar-refractivity contribution in [1.29, 1.82) is 0 Å². The Hall–Kier alpha value is -2.23. The van der Waals surface area contributed by atoms with Gasteiger partial charge in [-0.25, -0.2) is 4.98 Å². The van der Waals surface area contributed by atoms with Gasteiger partial charge in [0.05, 0.1) is 59.5 Å². The van der Waals surface area contributed by atoms with E-state index < -0.39 is 0 Å². The molecule has 0 radical (unpaired) electrons. The smallest absolute Gasteiger partial charge is 0.213 e. The minimum Gasteiger partial charge on any atom is -0.475 e.